The molecule has 8 rings (SSSR count). The molecule has 62 heavy (non-hydrogen) atoms. The molecular weight excluding hydrogens is 897 g/mol. The summed E-state index contributed by atoms with van der Waals surface area (Å²) < 4.78 is 95.3. The maximum atomic E-state index is 13.6. The molecule has 0 N–H and O–H groups in total. The second-order valence-electron chi connectivity index (χ2n) is 15.4. The van der Waals surface area contributed by atoms with Gasteiger partial charge in [0.2, 0.25) is 20.0 Å². The van der Waals surface area contributed by atoms with Gasteiger partial charge in [-0.25, -0.2) is 40.0 Å². The van der Waals surface area contributed by atoms with Gasteiger partial charge in [-0.15, -0.1) is 22.7 Å². The van der Waals surface area contributed by atoms with Crippen molar-refractivity contribution in [1.82, 2.24) is 18.6 Å². The summed E-state index contributed by atoms with van der Waals surface area (Å²) in [7, 11) is -7.47. The van der Waals surface area contributed by atoms with Gasteiger partial charge in [0, 0.05) is 76.0 Å². The summed E-state index contributed by atoms with van der Waals surface area (Å²) in [6, 6.07) is 18.8. The summed E-state index contributed by atoms with van der Waals surface area (Å²) in [5.74, 6) is -1.56. The third-order valence-electron chi connectivity index (χ3n) is 10.7. The molecule has 2 aliphatic rings. The highest BCUT2D eigenvalue weighted by atomic mass is 35.5. The first-order valence-corrected chi connectivity index (χ1v) is 24.9. The van der Waals surface area contributed by atoms with Crippen LogP contribution in [0.3, 0.4) is 0 Å². The molecule has 2 saturated heterocycles. The van der Waals surface area contributed by atoms with Gasteiger partial charge in [0.1, 0.15) is 17.5 Å². The fraction of sp³-hybridized carbons (Fsp3) is 0.318. The number of halogens is 4. The van der Waals surface area contributed by atoms with Gasteiger partial charge in [-0.2, -0.15) is 8.61 Å². The number of hydrogen-bond donors (Lipinski definition) is 0. The van der Waals surface area contributed by atoms with E-state index in [1.54, 1.807) is 37.3 Å². The first-order chi connectivity index (χ1) is 29.5. The summed E-state index contributed by atoms with van der Waals surface area (Å²) in [5.41, 5.74) is 7.55. The first-order valence-electron chi connectivity index (χ1n) is 19.9. The molecule has 0 aliphatic carbocycles. The molecule has 18 heteroatoms. The van der Waals surface area contributed by atoms with Crippen molar-refractivity contribution < 1.29 is 30.0 Å². The smallest absolute Gasteiger partial charge is 0.243 e. The molecule has 0 saturated carbocycles. The van der Waals surface area contributed by atoms with Gasteiger partial charge in [-0.3, -0.25) is 0 Å². The van der Waals surface area contributed by atoms with Gasteiger partial charge in [0.05, 0.1) is 26.2 Å². The summed E-state index contributed by atoms with van der Waals surface area (Å²) in [6.07, 6.45) is 1.32. The summed E-state index contributed by atoms with van der Waals surface area (Å²) in [5, 5.41) is 5.82. The van der Waals surface area contributed by atoms with Crippen LogP contribution in [-0.4, -0.2) is 87.8 Å². The molecule has 0 bridgehead atoms. The van der Waals surface area contributed by atoms with Crippen molar-refractivity contribution in [3.8, 4) is 0 Å². The third-order valence-corrected chi connectivity index (χ3v) is 16.9. The molecular formula is C44H46ClF3N6O4S4. The molecule has 328 valence electrons. The number of thiazole rings is 2. The molecule has 2 aromatic heterocycles. The maximum absolute atomic E-state index is 13.6. The van der Waals surface area contributed by atoms with Crippen LogP contribution in [0.5, 0.6) is 0 Å². The normalized spacial score (nSPS) is 15.4. The quantitative estimate of drug-likeness (QED) is 0.134. The summed E-state index contributed by atoms with van der Waals surface area (Å²) in [6.45, 7) is 10.9. The van der Waals surface area contributed by atoms with Crippen molar-refractivity contribution in [2.24, 2.45) is 0 Å². The van der Waals surface area contributed by atoms with Gasteiger partial charge < -0.3 is 9.80 Å². The highest BCUT2D eigenvalue weighted by Gasteiger charge is 2.32. The van der Waals surface area contributed by atoms with Crippen LogP contribution >= 0.6 is 34.3 Å². The molecule has 4 heterocycles. The number of rotatable bonds is 10. The summed E-state index contributed by atoms with van der Waals surface area (Å²) in [4.78, 5) is 13.6. The second-order valence-corrected chi connectivity index (χ2v) is 21.3. The van der Waals surface area contributed by atoms with Crippen molar-refractivity contribution in [3.05, 3.63) is 151 Å². The molecule has 2 aliphatic heterocycles. The topological polar surface area (TPSA) is 107 Å². The molecule has 6 aromatic rings. The Balaban J connectivity index is 0.000000186. The Labute approximate surface area is 374 Å². The monoisotopic (exact) mass is 942 g/mol. The van der Waals surface area contributed by atoms with Crippen LogP contribution in [0.1, 0.15) is 44.8 Å². The summed E-state index contributed by atoms with van der Waals surface area (Å²) >= 11 is 8.92. The minimum absolute atomic E-state index is 0.00967. The zero-order chi connectivity index (χ0) is 44.3. The lowest BCUT2D eigenvalue weighted by Gasteiger charge is -2.34. The fourth-order valence-electron chi connectivity index (χ4n) is 7.51. The van der Waals surface area contributed by atoms with Crippen LogP contribution in [0.4, 0.5) is 23.4 Å². The number of piperazine rings is 2. The number of nitrogens with zero attached hydrogens (tertiary/aromatic N) is 6. The lowest BCUT2D eigenvalue weighted by atomic mass is 10.0. The lowest BCUT2D eigenvalue weighted by molar-refractivity contribution is 0.384. The van der Waals surface area contributed by atoms with E-state index in [0.717, 1.165) is 45.8 Å². The number of hydrogen-bond acceptors (Lipinski definition) is 10. The van der Waals surface area contributed by atoms with Crippen molar-refractivity contribution in [3.63, 3.8) is 0 Å². The van der Waals surface area contributed by atoms with Crippen LogP contribution in [-0.2, 0) is 32.9 Å². The van der Waals surface area contributed by atoms with E-state index in [2.05, 4.69) is 47.3 Å². The zero-order valence-electron chi connectivity index (χ0n) is 34.6. The van der Waals surface area contributed by atoms with Gasteiger partial charge >= 0.3 is 0 Å². The Kier molecular flexibility index (Phi) is 14.1. The van der Waals surface area contributed by atoms with E-state index in [1.807, 2.05) is 10.3 Å². The molecule has 0 amide bonds. The minimum Gasteiger partial charge on any atom is -0.345 e. The van der Waals surface area contributed by atoms with E-state index >= 15 is 0 Å². The van der Waals surface area contributed by atoms with Crippen molar-refractivity contribution >= 4 is 64.6 Å². The molecule has 0 spiro atoms. The third kappa shape index (κ3) is 10.7. The number of aromatic nitrogens is 2. The SMILES string of the molecule is Cc1cc(C)cc(Cc2csc(N3CCN(S(=O)(=O)c4cc(F)ccc4C)CC3)n2)c1.Cc1ccc(F)cc1S(=O)(=O)N1CCN(c2nc(Cc3ccc(F)c(Cl)c3)cs2)CC1. The van der Waals surface area contributed by atoms with Gasteiger partial charge in [-0.1, -0.05) is 59.1 Å². The average Bonchev–Trinajstić information content (AvgIpc) is 3.91. The number of benzene rings is 4. The zero-order valence-corrected chi connectivity index (χ0v) is 38.6. The Morgan fingerprint density at radius 3 is 1.44 bits per heavy atom. The first kappa shape index (κ1) is 45.7. The van der Waals surface area contributed by atoms with Crippen molar-refractivity contribution in [2.45, 2.75) is 50.3 Å². The lowest BCUT2D eigenvalue weighted by Crippen LogP contribution is -2.48. The van der Waals surface area contributed by atoms with E-state index in [9.17, 15) is 30.0 Å². The molecule has 2 fully saturated rings. The fourth-order valence-corrected chi connectivity index (χ4v) is 12.8. The molecule has 10 nitrogen and oxygen atoms in total. The van der Waals surface area contributed by atoms with Gasteiger partial charge in [0.25, 0.3) is 0 Å². The Hall–Kier alpha value is -4.36. The van der Waals surface area contributed by atoms with Crippen molar-refractivity contribution in [1.29, 1.82) is 0 Å². The number of aryl methyl sites for hydroxylation is 4. The standard InChI is InChI=1S/C23H26FN3O2S2.C21H20ClF2N3O2S2/c1-16-10-17(2)12-19(11-16)13-21-15-30-23(25-21)26-6-8-27(9-7-26)31(28,29)22-14-20(24)5-4-18(22)3;1-14-2-4-16(23)12-20(14)31(28,29)27-8-6-26(7-9-27)21-25-17(13-30-21)10-15-3-5-19(24)18(22)11-15/h4-5,10-12,14-15H,6-9,13H2,1-3H3;2-5,11-13H,6-10H2,1H3. The van der Waals surface area contributed by atoms with Crippen LogP contribution in [0.25, 0.3) is 0 Å². The van der Waals surface area contributed by atoms with E-state index in [1.165, 1.54) is 67.0 Å². The van der Waals surface area contributed by atoms with Crippen LogP contribution in [0, 0.1) is 45.1 Å². The van der Waals surface area contributed by atoms with E-state index in [0.29, 0.717) is 69.9 Å². The predicted octanol–water partition coefficient (Wildman–Crippen LogP) is 8.79. The van der Waals surface area contributed by atoms with Crippen LogP contribution < -0.4 is 9.80 Å². The second kappa shape index (κ2) is 19.2. The van der Waals surface area contributed by atoms with Gasteiger partial charge in [-0.05, 0) is 86.3 Å². The Morgan fingerprint density at radius 2 is 1.00 bits per heavy atom. The van der Waals surface area contributed by atoms with Crippen LogP contribution in [0.15, 0.2) is 93.3 Å². The van der Waals surface area contributed by atoms with Crippen LogP contribution in [0.2, 0.25) is 5.02 Å². The maximum Gasteiger partial charge on any atom is 0.243 e. The largest absolute Gasteiger partial charge is 0.345 e. The number of anilines is 2. The van der Waals surface area contributed by atoms with Crippen molar-refractivity contribution in [2.75, 3.05) is 62.2 Å². The average molecular weight is 944 g/mol. The minimum atomic E-state index is -3.76. The highest BCUT2D eigenvalue weighted by molar-refractivity contribution is 7.89. The molecule has 0 radical (unpaired) electrons. The Bertz CT molecular complexity index is 2770. The number of sulfonamides is 2. The predicted molar refractivity (Wildman–Crippen MR) is 241 cm³/mol. The van der Waals surface area contributed by atoms with Gasteiger partial charge in [0.15, 0.2) is 10.3 Å². The molecule has 0 unspecified atom stereocenters. The highest BCUT2D eigenvalue weighted by Crippen LogP contribution is 2.29. The van der Waals surface area contributed by atoms with E-state index in [4.69, 9.17) is 16.6 Å². The molecule has 0 atom stereocenters. The van der Waals surface area contributed by atoms with E-state index < -0.39 is 37.5 Å². The Morgan fingerprint density at radius 1 is 0.565 bits per heavy atom. The van der Waals surface area contributed by atoms with E-state index in [-0.39, 0.29) is 14.8 Å². The molecule has 4 aromatic carbocycles.